The minimum Gasteiger partial charge on any atom is -0.497 e. The van der Waals surface area contributed by atoms with Crippen molar-refractivity contribution in [2.24, 2.45) is 16.6 Å². The van der Waals surface area contributed by atoms with Gasteiger partial charge in [-0.15, -0.1) is 0 Å². The molecule has 0 unspecified atom stereocenters. The molecular weight excluding hydrogens is 494 g/mol. The van der Waals surface area contributed by atoms with Crippen molar-refractivity contribution in [2.75, 3.05) is 21.3 Å². The highest BCUT2D eigenvalue weighted by molar-refractivity contribution is 9.10. The fraction of sp³-hybridized carbons (Fsp3) is 0.333. The quantitative estimate of drug-likeness (QED) is 0.474. The third-order valence-corrected chi connectivity index (χ3v) is 6.54. The normalized spacial score (nSPS) is 14.3. The van der Waals surface area contributed by atoms with Crippen molar-refractivity contribution in [3.05, 3.63) is 68.8 Å². The van der Waals surface area contributed by atoms with Crippen LogP contribution in [0, 0.1) is 5.92 Å². The SMILES string of the molecule is CN=C(C=C(N)C1CC1)C(=O)N(Cc1ccc(Br)c(Cl)c1)Cc1ccc(OC)cc1OC. The Morgan fingerprint density at radius 3 is 2.56 bits per heavy atom. The zero-order valence-corrected chi connectivity index (χ0v) is 20.7. The van der Waals surface area contributed by atoms with Gasteiger partial charge in [-0.1, -0.05) is 17.7 Å². The third-order valence-electron chi connectivity index (χ3n) is 5.31. The number of hydrogen-bond donors (Lipinski definition) is 1. The van der Waals surface area contributed by atoms with Crippen LogP contribution in [0.1, 0.15) is 24.0 Å². The Labute approximate surface area is 202 Å². The van der Waals surface area contributed by atoms with Crippen LogP contribution in [0.25, 0.3) is 0 Å². The maximum Gasteiger partial charge on any atom is 0.272 e. The van der Waals surface area contributed by atoms with Gasteiger partial charge in [0.2, 0.25) is 0 Å². The van der Waals surface area contributed by atoms with E-state index in [1.807, 2.05) is 30.3 Å². The number of hydrogen-bond acceptors (Lipinski definition) is 5. The molecule has 0 aromatic heterocycles. The van der Waals surface area contributed by atoms with Crippen LogP contribution in [-0.4, -0.2) is 37.8 Å². The van der Waals surface area contributed by atoms with Crippen LogP contribution in [0.4, 0.5) is 0 Å². The molecule has 32 heavy (non-hydrogen) atoms. The first-order valence-corrected chi connectivity index (χ1v) is 11.4. The van der Waals surface area contributed by atoms with E-state index in [4.69, 9.17) is 26.8 Å². The van der Waals surface area contributed by atoms with E-state index < -0.39 is 0 Å². The molecule has 1 aliphatic carbocycles. The highest BCUT2D eigenvalue weighted by Crippen LogP contribution is 2.34. The molecule has 8 heteroatoms. The van der Waals surface area contributed by atoms with Crippen LogP contribution < -0.4 is 15.2 Å². The summed E-state index contributed by atoms with van der Waals surface area (Å²) in [4.78, 5) is 19.5. The van der Waals surface area contributed by atoms with Gasteiger partial charge in [-0.3, -0.25) is 9.79 Å². The number of allylic oxidation sites excluding steroid dienone is 1. The number of carbonyl (C=O) groups excluding carboxylic acids is 1. The molecule has 6 nitrogen and oxygen atoms in total. The summed E-state index contributed by atoms with van der Waals surface area (Å²) < 4.78 is 11.6. The van der Waals surface area contributed by atoms with Crippen molar-refractivity contribution in [3.8, 4) is 11.5 Å². The minimum atomic E-state index is -0.215. The Balaban J connectivity index is 1.94. The van der Waals surface area contributed by atoms with E-state index in [-0.39, 0.29) is 5.91 Å². The van der Waals surface area contributed by atoms with Gasteiger partial charge in [-0.05, 0) is 70.6 Å². The lowest BCUT2D eigenvalue weighted by atomic mass is 10.1. The predicted molar refractivity (Wildman–Crippen MR) is 131 cm³/mol. The summed E-state index contributed by atoms with van der Waals surface area (Å²) in [7, 11) is 4.80. The number of halogens is 2. The van der Waals surface area contributed by atoms with Crippen molar-refractivity contribution in [1.29, 1.82) is 0 Å². The van der Waals surface area contributed by atoms with Crippen LogP contribution in [0.5, 0.6) is 11.5 Å². The molecule has 1 fully saturated rings. The molecule has 2 N–H and O–H groups in total. The first-order chi connectivity index (χ1) is 15.4. The van der Waals surface area contributed by atoms with E-state index in [1.54, 1.807) is 38.3 Å². The van der Waals surface area contributed by atoms with Gasteiger partial charge >= 0.3 is 0 Å². The van der Waals surface area contributed by atoms with Gasteiger partial charge in [0.1, 0.15) is 17.2 Å². The average Bonchev–Trinajstić information content (AvgIpc) is 3.64. The first-order valence-electron chi connectivity index (χ1n) is 10.2. The number of benzene rings is 2. The van der Waals surface area contributed by atoms with E-state index in [9.17, 15) is 4.79 Å². The average molecular weight is 521 g/mol. The lowest BCUT2D eigenvalue weighted by Crippen LogP contribution is -2.35. The molecule has 0 aliphatic heterocycles. The lowest BCUT2D eigenvalue weighted by Gasteiger charge is -2.24. The van der Waals surface area contributed by atoms with Gasteiger partial charge < -0.3 is 20.1 Å². The second-order valence-corrected chi connectivity index (χ2v) is 8.88. The number of aliphatic imine (C=N–C) groups is 1. The maximum absolute atomic E-state index is 13.5. The van der Waals surface area contributed by atoms with E-state index in [0.717, 1.165) is 28.4 Å². The molecule has 0 bridgehead atoms. The molecule has 0 radical (unpaired) electrons. The van der Waals surface area contributed by atoms with Gasteiger partial charge in [0.15, 0.2) is 0 Å². The number of amides is 1. The molecular formula is C24H27BrClN3O3. The number of nitrogens with zero attached hydrogens (tertiary/aromatic N) is 2. The summed E-state index contributed by atoms with van der Waals surface area (Å²) in [5.74, 6) is 1.45. The monoisotopic (exact) mass is 519 g/mol. The van der Waals surface area contributed by atoms with Crippen LogP contribution in [-0.2, 0) is 17.9 Å². The molecule has 0 saturated heterocycles. The molecule has 170 valence electrons. The maximum atomic E-state index is 13.5. The molecule has 3 rings (SSSR count). The predicted octanol–water partition coefficient (Wildman–Crippen LogP) is 4.97. The molecule has 1 aliphatic rings. The lowest BCUT2D eigenvalue weighted by molar-refractivity contribution is -0.125. The Bertz CT molecular complexity index is 1050. The minimum absolute atomic E-state index is 0.215. The number of ether oxygens (including phenoxy) is 2. The van der Waals surface area contributed by atoms with Crippen LogP contribution in [0.15, 0.2) is 57.6 Å². The largest absolute Gasteiger partial charge is 0.497 e. The summed E-state index contributed by atoms with van der Waals surface area (Å²) in [6, 6.07) is 11.2. The van der Waals surface area contributed by atoms with Crippen molar-refractivity contribution < 1.29 is 14.3 Å². The second kappa shape index (κ2) is 10.9. The number of carbonyl (C=O) groups is 1. The first kappa shape index (κ1) is 24.1. The van der Waals surface area contributed by atoms with Gasteiger partial charge in [0.05, 0.1) is 25.8 Å². The zero-order valence-electron chi connectivity index (χ0n) is 18.4. The van der Waals surface area contributed by atoms with Crippen molar-refractivity contribution in [2.45, 2.75) is 25.9 Å². The van der Waals surface area contributed by atoms with Crippen LogP contribution in [0.3, 0.4) is 0 Å². The van der Waals surface area contributed by atoms with Crippen molar-refractivity contribution in [1.82, 2.24) is 4.90 Å². The molecule has 0 heterocycles. The molecule has 2 aromatic carbocycles. The fourth-order valence-electron chi connectivity index (χ4n) is 3.32. The highest BCUT2D eigenvalue weighted by atomic mass is 79.9. The Morgan fingerprint density at radius 2 is 1.97 bits per heavy atom. The molecule has 0 atom stereocenters. The second-order valence-electron chi connectivity index (χ2n) is 7.61. The number of rotatable bonds is 9. The Kier molecular flexibility index (Phi) is 8.21. The molecule has 0 spiro atoms. The summed E-state index contributed by atoms with van der Waals surface area (Å²) in [6.45, 7) is 0.660. The number of nitrogens with two attached hydrogens (primary N) is 1. The Morgan fingerprint density at radius 1 is 1.22 bits per heavy atom. The van der Waals surface area contributed by atoms with Gasteiger partial charge in [-0.2, -0.15) is 0 Å². The van der Waals surface area contributed by atoms with Crippen molar-refractivity contribution >= 4 is 39.1 Å². The Hall–Kier alpha value is -2.51. The standard InChI is InChI=1S/C24H27BrClN3O3/c1-28-22(12-21(27)16-5-6-16)24(30)29(13-15-4-9-19(25)20(26)10-15)14-17-7-8-18(31-2)11-23(17)32-3/h4,7-12,16H,5-6,13-14,27H2,1-3H3. The van der Waals surface area contributed by atoms with E-state index in [2.05, 4.69) is 20.9 Å². The van der Waals surface area contributed by atoms with Gasteiger partial charge in [0, 0.05) is 35.4 Å². The van der Waals surface area contributed by atoms with E-state index >= 15 is 0 Å². The third kappa shape index (κ3) is 6.04. The van der Waals surface area contributed by atoms with Gasteiger partial charge in [0.25, 0.3) is 5.91 Å². The molecule has 1 amide bonds. The van der Waals surface area contributed by atoms with E-state index in [0.29, 0.717) is 46.9 Å². The summed E-state index contributed by atoms with van der Waals surface area (Å²) >= 11 is 9.69. The molecule has 1 saturated carbocycles. The van der Waals surface area contributed by atoms with Crippen LogP contribution in [0.2, 0.25) is 5.02 Å². The fourth-order valence-corrected chi connectivity index (χ4v) is 3.77. The number of methoxy groups -OCH3 is 2. The van der Waals surface area contributed by atoms with E-state index in [1.165, 1.54) is 0 Å². The topological polar surface area (TPSA) is 77.2 Å². The van der Waals surface area contributed by atoms with Crippen molar-refractivity contribution in [3.63, 3.8) is 0 Å². The molecule has 2 aromatic rings. The smallest absolute Gasteiger partial charge is 0.272 e. The summed E-state index contributed by atoms with van der Waals surface area (Å²) in [5.41, 5.74) is 8.93. The summed E-state index contributed by atoms with van der Waals surface area (Å²) in [6.07, 6.45) is 3.81. The highest BCUT2D eigenvalue weighted by Gasteiger charge is 2.26. The zero-order chi connectivity index (χ0) is 23.3. The summed E-state index contributed by atoms with van der Waals surface area (Å²) in [5, 5.41) is 0.583. The van der Waals surface area contributed by atoms with Gasteiger partial charge in [-0.25, -0.2) is 0 Å². The van der Waals surface area contributed by atoms with Crippen LogP contribution >= 0.6 is 27.5 Å².